The van der Waals surface area contributed by atoms with E-state index < -0.39 is 5.41 Å². The standard InChI is InChI=1S/C20H20Cl2N2O3/c1-4-24-16-10-13(6-8-17(16)27-11-20(2,3)19(24)26)23-18(25)14-9-12(21)5-7-15(14)22/h5-10H,4,11H2,1-3H3,(H,23,25). The van der Waals surface area contributed by atoms with Crippen LogP contribution in [0.4, 0.5) is 11.4 Å². The normalized spacial score (nSPS) is 15.6. The number of nitrogens with zero attached hydrogens (tertiary/aromatic N) is 1. The van der Waals surface area contributed by atoms with Gasteiger partial charge in [0.1, 0.15) is 12.4 Å². The second-order valence-corrected chi connectivity index (χ2v) is 7.83. The Morgan fingerprint density at radius 3 is 2.67 bits per heavy atom. The SMILES string of the molecule is CCN1C(=O)C(C)(C)COc2ccc(NC(=O)c3cc(Cl)ccc3Cl)cc21. The molecule has 5 nitrogen and oxygen atoms in total. The quantitative estimate of drug-likeness (QED) is 0.778. The van der Waals surface area contributed by atoms with Crippen LogP contribution in [0, 0.1) is 5.41 Å². The van der Waals surface area contributed by atoms with Gasteiger partial charge in [0.05, 0.1) is 21.7 Å². The van der Waals surface area contributed by atoms with Crippen LogP contribution in [-0.2, 0) is 4.79 Å². The highest BCUT2D eigenvalue weighted by Gasteiger charge is 2.37. The van der Waals surface area contributed by atoms with Crippen molar-refractivity contribution in [3.05, 3.63) is 52.0 Å². The van der Waals surface area contributed by atoms with E-state index in [0.717, 1.165) is 0 Å². The molecule has 1 heterocycles. The first kappa shape index (κ1) is 19.5. The van der Waals surface area contributed by atoms with Gasteiger partial charge in [0.15, 0.2) is 0 Å². The molecule has 0 atom stereocenters. The molecule has 27 heavy (non-hydrogen) atoms. The molecular weight excluding hydrogens is 387 g/mol. The second kappa shape index (κ2) is 7.41. The van der Waals surface area contributed by atoms with Gasteiger partial charge in [-0.25, -0.2) is 0 Å². The molecule has 0 aliphatic carbocycles. The number of ether oxygens (including phenoxy) is 1. The van der Waals surface area contributed by atoms with Crippen molar-refractivity contribution in [2.75, 3.05) is 23.4 Å². The molecule has 0 aromatic heterocycles. The van der Waals surface area contributed by atoms with Crippen molar-refractivity contribution < 1.29 is 14.3 Å². The van der Waals surface area contributed by atoms with E-state index in [1.54, 1.807) is 35.2 Å². The fraction of sp³-hybridized carbons (Fsp3) is 0.300. The van der Waals surface area contributed by atoms with Gasteiger partial charge in [0.25, 0.3) is 5.91 Å². The van der Waals surface area contributed by atoms with Gasteiger partial charge in [-0.3, -0.25) is 9.59 Å². The summed E-state index contributed by atoms with van der Waals surface area (Å²) in [6.45, 7) is 6.40. The van der Waals surface area contributed by atoms with Gasteiger partial charge in [-0.1, -0.05) is 23.2 Å². The topological polar surface area (TPSA) is 58.6 Å². The summed E-state index contributed by atoms with van der Waals surface area (Å²) >= 11 is 12.1. The van der Waals surface area contributed by atoms with E-state index in [1.807, 2.05) is 20.8 Å². The average molecular weight is 407 g/mol. The largest absolute Gasteiger partial charge is 0.490 e. The maximum absolute atomic E-state index is 12.8. The van der Waals surface area contributed by atoms with Crippen molar-refractivity contribution >= 4 is 46.4 Å². The predicted octanol–water partition coefficient (Wildman–Crippen LogP) is 5.02. The summed E-state index contributed by atoms with van der Waals surface area (Å²) in [6.07, 6.45) is 0. The zero-order valence-electron chi connectivity index (χ0n) is 15.3. The number of hydrogen-bond acceptors (Lipinski definition) is 3. The summed E-state index contributed by atoms with van der Waals surface area (Å²) in [7, 11) is 0. The Labute approximate surface area is 168 Å². The van der Waals surface area contributed by atoms with Crippen molar-refractivity contribution in [1.29, 1.82) is 0 Å². The molecule has 0 saturated heterocycles. The molecule has 1 N–H and O–H groups in total. The Bertz CT molecular complexity index is 912. The number of fused-ring (bicyclic) bond motifs is 1. The second-order valence-electron chi connectivity index (χ2n) is 6.98. The summed E-state index contributed by atoms with van der Waals surface area (Å²) in [5.41, 5.74) is 0.805. The average Bonchev–Trinajstić information content (AvgIpc) is 2.72. The highest BCUT2D eigenvalue weighted by molar-refractivity contribution is 6.36. The lowest BCUT2D eigenvalue weighted by atomic mass is 9.93. The van der Waals surface area contributed by atoms with E-state index in [-0.39, 0.29) is 17.4 Å². The van der Waals surface area contributed by atoms with Crippen LogP contribution in [0.3, 0.4) is 0 Å². The molecule has 0 radical (unpaired) electrons. The van der Waals surface area contributed by atoms with Crippen LogP contribution in [0.2, 0.25) is 10.0 Å². The predicted molar refractivity (Wildman–Crippen MR) is 108 cm³/mol. The van der Waals surface area contributed by atoms with E-state index in [2.05, 4.69) is 5.32 Å². The van der Waals surface area contributed by atoms with E-state index in [9.17, 15) is 9.59 Å². The highest BCUT2D eigenvalue weighted by Crippen LogP contribution is 2.38. The molecule has 1 aliphatic heterocycles. The van der Waals surface area contributed by atoms with Crippen LogP contribution in [0.25, 0.3) is 0 Å². The summed E-state index contributed by atoms with van der Waals surface area (Å²) in [5, 5.41) is 3.53. The maximum atomic E-state index is 12.8. The maximum Gasteiger partial charge on any atom is 0.257 e. The minimum absolute atomic E-state index is 0.0230. The third-order valence-electron chi connectivity index (χ3n) is 4.41. The lowest BCUT2D eigenvalue weighted by Crippen LogP contribution is -2.42. The monoisotopic (exact) mass is 406 g/mol. The third-order valence-corrected chi connectivity index (χ3v) is 4.97. The van der Waals surface area contributed by atoms with Crippen LogP contribution in [0.1, 0.15) is 31.1 Å². The van der Waals surface area contributed by atoms with Gasteiger partial charge < -0.3 is 15.0 Å². The van der Waals surface area contributed by atoms with Crippen molar-refractivity contribution in [3.63, 3.8) is 0 Å². The van der Waals surface area contributed by atoms with Crippen molar-refractivity contribution in [1.82, 2.24) is 0 Å². The van der Waals surface area contributed by atoms with Gasteiger partial charge in [-0.05, 0) is 57.2 Å². The first-order valence-electron chi connectivity index (χ1n) is 8.58. The van der Waals surface area contributed by atoms with Crippen LogP contribution in [-0.4, -0.2) is 25.0 Å². The first-order valence-corrected chi connectivity index (χ1v) is 9.34. The molecule has 0 fully saturated rings. The Balaban J connectivity index is 1.93. The number of rotatable bonds is 3. The van der Waals surface area contributed by atoms with E-state index >= 15 is 0 Å². The Morgan fingerprint density at radius 2 is 1.96 bits per heavy atom. The lowest BCUT2D eigenvalue weighted by Gasteiger charge is -2.27. The number of halogens is 2. The van der Waals surface area contributed by atoms with Gasteiger partial charge >= 0.3 is 0 Å². The minimum atomic E-state index is -0.632. The molecule has 0 saturated carbocycles. The molecule has 2 aromatic carbocycles. The molecule has 7 heteroatoms. The highest BCUT2D eigenvalue weighted by atomic mass is 35.5. The number of carbonyl (C=O) groups is 2. The number of amides is 2. The number of nitrogens with one attached hydrogen (secondary N) is 1. The summed E-state index contributed by atoms with van der Waals surface area (Å²) in [4.78, 5) is 27.1. The molecule has 0 spiro atoms. The van der Waals surface area contributed by atoms with E-state index in [1.165, 1.54) is 6.07 Å². The van der Waals surface area contributed by atoms with Crippen LogP contribution in [0.15, 0.2) is 36.4 Å². The minimum Gasteiger partial charge on any atom is -0.490 e. The van der Waals surface area contributed by atoms with Crippen LogP contribution < -0.4 is 15.0 Å². The van der Waals surface area contributed by atoms with E-state index in [4.69, 9.17) is 27.9 Å². The summed E-state index contributed by atoms with van der Waals surface area (Å²) in [5.74, 6) is 0.200. The number of anilines is 2. The Morgan fingerprint density at radius 1 is 1.22 bits per heavy atom. The molecule has 1 aliphatic rings. The Kier molecular flexibility index (Phi) is 5.36. The van der Waals surface area contributed by atoms with Gasteiger partial charge in [-0.2, -0.15) is 0 Å². The molecular formula is C20H20Cl2N2O3. The van der Waals surface area contributed by atoms with Crippen LogP contribution >= 0.6 is 23.2 Å². The number of hydrogen-bond donors (Lipinski definition) is 1. The smallest absolute Gasteiger partial charge is 0.257 e. The fourth-order valence-corrected chi connectivity index (χ4v) is 3.28. The fourth-order valence-electron chi connectivity index (χ4n) is 2.91. The summed E-state index contributed by atoms with van der Waals surface area (Å²) < 4.78 is 5.83. The first-order chi connectivity index (χ1) is 12.7. The third kappa shape index (κ3) is 3.89. The van der Waals surface area contributed by atoms with Gasteiger partial charge in [-0.15, -0.1) is 0 Å². The molecule has 3 rings (SSSR count). The Hall–Kier alpha value is -2.24. The van der Waals surface area contributed by atoms with Gasteiger partial charge in [0, 0.05) is 17.3 Å². The molecule has 142 valence electrons. The van der Waals surface area contributed by atoms with Crippen molar-refractivity contribution in [3.8, 4) is 5.75 Å². The molecule has 0 unspecified atom stereocenters. The molecule has 0 bridgehead atoms. The van der Waals surface area contributed by atoms with Crippen molar-refractivity contribution in [2.24, 2.45) is 5.41 Å². The summed E-state index contributed by atoms with van der Waals surface area (Å²) in [6, 6.07) is 9.91. The lowest BCUT2D eigenvalue weighted by molar-refractivity contribution is -0.127. The number of benzene rings is 2. The molecule has 2 amide bonds. The van der Waals surface area contributed by atoms with Crippen molar-refractivity contribution in [2.45, 2.75) is 20.8 Å². The molecule has 2 aromatic rings. The van der Waals surface area contributed by atoms with E-state index in [0.29, 0.717) is 40.3 Å². The zero-order chi connectivity index (χ0) is 19.8. The van der Waals surface area contributed by atoms with Gasteiger partial charge in [0.2, 0.25) is 5.91 Å². The van der Waals surface area contributed by atoms with Crippen LogP contribution in [0.5, 0.6) is 5.75 Å². The zero-order valence-corrected chi connectivity index (χ0v) is 16.8. The number of carbonyl (C=O) groups excluding carboxylic acids is 2.